The summed E-state index contributed by atoms with van der Waals surface area (Å²) in [6.45, 7) is 0.404. The first-order valence-corrected chi connectivity index (χ1v) is 7.15. The Balaban J connectivity index is 1.83. The highest BCUT2D eigenvalue weighted by atomic mass is 79.9. The molecule has 0 aliphatic rings. The maximum absolute atomic E-state index is 13.3. The number of rotatable bonds is 4. The molecule has 0 saturated carbocycles. The number of benzene rings is 2. The molecule has 2 aromatic rings. The van der Waals surface area contributed by atoms with E-state index < -0.39 is 0 Å². The lowest BCUT2D eigenvalue weighted by atomic mass is 10.2. The van der Waals surface area contributed by atoms with Crippen LogP contribution in [0.5, 0.6) is 0 Å². The molecule has 0 unspecified atom stereocenters. The van der Waals surface area contributed by atoms with Crippen LogP contribution in [-0.4, -0.2) is 6.03 Å². The van der Waals surface area contributed by atoms with Crippen molar-refractivity contribution in [3.63, 3.8) is 0 Å². The number of urea groups is 1. The Labute approximate surface area is 131 Å². The van der Waals surface area contributed by atoms with E-state index in [0.717, 1.165) is 10.0 Å². The van der Waals surface area contributed by atoms with E-state index in [0.29, 0.717) is 12.1 Å². The summed E-state index contributed by atoms with van der Waals surface area (Å²) in [6, 6.07) is 13.6. The van der Waals surface area contributed by atoms with E-state index in [1.54, 1.807) is 18.2 Å². The molecule has 0 fully saturated rings. The maximum Gasteiger partial charge on any atom is 0.319 e. The first-order chi connectivity index (χ1) is 10.2. The smallest absolute Gasteiger partial charge is 0.319 e. The number of carbonyl (C=O) groups excluding carboxylic acids is 1. The minimum absolute atomic E-state index is 0.329. The normalized spacial score (nSPS) is 10.6. The maximum atomic E-state index is 13.3. The molecule has 108 valence electrons. The summed E-state index contributed by atoms with van der Waals surface area (Å²) in [5.41, 5.74) is 1.40. The van der Waals surface area contributed by atoms with E-state index in [4.69, 9.17) is 0 Å². The molecular weight excluding hydrogens is 335 g/mol. The van der Waals surface area contributed by atoms with Gasteiger partial charge in [0.15, 0.2) is 0 Å². The molecule has 2 amide bonds. The Kier molecular flexibility index (Phi) is 5.51. The second kappa shape index (κ2) is 7.59. The molecular formula is C16H14BrFN2O. The Bertz CT molecular complexity index is 658. The molecule has 0 bridgehead atoms. The van der Waals surface area contributed by atoms with Gasteiger partial charge in [-0.1, -0.05) is 52.3 Å². The third-order valence-corrected chi connectivity index (χ3v) is 3.55. The molecule has 0 aliphatic heterocycles. The first-order valence-electron chi connectivity index (χ1n) is 6.35. The van der Waals surface area contributed by atoms with Gasteiger partial charge in [0.05, 0.1) is 0 Å². The van der Waals surface area contributed by atoms with Gasteiger partial charge < -0.3 is 10.6 Å². The second-order valence-corrected chi connectivity index (χ2v) is 5.13. The summed E-state index contributed by atoms with van der Waals surface area (Å²) >= 11 is 3.41. The Hall–Kier alpha value is -2.14. The molecule has 0 saturated heterocycles. The minimum atomic E-state index is -0.349. The predicted octanol–water partition coefficient (Wildman–Crippen LogP) is 4.06. The van der Waals surface area contributed by atoms with Gasteiger partial charge in [0.2, 0.25) is 0 Å². The van der Waals surface area contributed by atoms with Crippen molar-refractivity contribution in [3.05, 3.63) is 76.1 Å². The highest BCUT2D eigenvalue weighted by Crippen LogP contribution is 2.15. The lowest BCUT2D eigenvalue weighted by molar-refractivity contribution is 0.244. The van der Waals surface area contributed by atoms with Crippen LogP contribution in [0.2, 0.25) is 0 Å². The summed E-state index contributed by atoms with van der Waals surface area (Å²) < 4.78 is 14.3. The molecule has 21 heavy (non-hydrogen) atoms. The topological polar surface area (TPSA) is 41.1 Å². The largest absolute Gasteiger partial charge is 0.334 e. The molecule has 3 nitrogen and oxygen atoms in total. The van der Waals surface area contributed by atoms with Crippen LogP contribution in [0, 0.1) is 5.82 Å². The number of nitrogens with one attached hydrogen (secondary N) is 2. The molecule has 2 aromatic carbocycles. The second-order valence-electron chi connectivity index (χ2n) is 4.27. The van der Waals surface area contributed by atoms with E-state index in [-0.39, 0.29) is 11.8 Å². The molecule has 0 aromatic heterocycles. The van der Waals surface area contributed by atoms with Gasteiger partial charge in [0, 0.05) is 22.8 Å². The van der Waals surface area contributed by atoms with Crippen molar-refractivity contribution in [1.82, 2.24) is 10.6 Å². The minimum Gasteiger partial charge on any atom is -0.334 e. The van der Waals surface area contributed by atoms with Crippen molar-refractivity contribution in [1.29, 1.82) is 0 Å². The van der Waals surface area contributed by atoms with Crippen molar-refractivity contribution in [2.75, 3.05) is 0 Å². The highest BCUT2D eigenvalue weighted by Gasteiger charge is 2.01. The molecule has 0 aliphatic carbocycles. The molecule has 2 rings (SSSR count). The fourth-order valence-electron chi connectivity index (χ4n) is 1.69. The van der Waals surface area contributed by atoms with Gasteiger partial charge >= 0.3 is 6.03 Å². The zero-order chi connectivity index (χ0) is 15.1. The number of hydrogen-bond acceptors (Lipinski definition) is 1. The molecule has 0 spiro atoms. The van der Waals surface area contributed by atoms with Gasteiger partial charge in [0.1, 0.15) is 5.82 Å². The highest BCUT2D eigenvalue weighted by molar-refractivity contribution is 9.10. The van der Waals surface area contributed by atoms with E-state index in [9.17, 15) is 9.18 Å². The van der Waals surface area contributed by atoms with Crippen LogP contribution in [0.4, 0.5) is 9.18 Å². The van der Waals surface area contributed by atoms with Gasteiger partial charge in [-0.3, -0.25) is 0 Å². The van der Waals surface area contributed by atoms with Crippen LogP contribution in [0.1, 0.15) is 11.1 Å². The SMILES string of the molecule is O=C(N/C=C/c1ccccc1F)NCc1ccccc1Br. The van der Waals surface area contributed by atoms with Gasteiger partial charge in [-0.2, -0.15) is 0 Å². The van der Waals surface area contributed by atoms with Crippen molar-refractivity contribution in [2.24, 2.45) is 0 Å². The molecule has 0 atom stereocenters. The molecule has 2 N–H and O–H groups in total. The van der Waals surface area contributed by atoms with Crippen molar-refractivity contribution < 1.29 is 9.18 Å². The molecule has 0 radical (unpaired) electrons. The Morgan fingerprint density at radius 2 is 1.86 bits per heavy atom. The van der Waals surface area contributed by atoms with Crippen LogP contribution >= 0.6 is 15.9 Å². The Morgan fingerprint density at radius 3 is 2.62 bits per heavy atom. The summed E-state index contributed by atoms with van der Waals surface area (Å²) in [6.07, 6.45) is 2.92. The van der Waals surface area contributed by atoms with Crippen molar-refractivity contribution in [2.45, 2.75) is 6.54 Å². The van der Waals surface area contributed by atoms with E-state index in [2.05, 4.69) is 26.6 Å². The third-order valence-electron chi connectivity index (χ3n) is 2.78. The summed E-state index contributed by atoms with van der Waals surface area (Å²) in [4.78, 5) is 11.6. The van der Waals surface area contributed by atoms with Crippen molar-refractivity contribution in [3.8, 4) is 0 Å². The molecule has 5 heteroatoms. The number of hydrogen-bond donors (Lipinski definition) is 2. The van der Waals surface area contributed by atoms with Crippen molar-refractivity contribution >= 4 is 28.0 Å². The summed E-state index contributed by atoms with van der Waals surface area (Å²) in [5, 5.41) is 5.25. The summed E-state index contributed by atoms with van der Waals surface area (Å²) in [7, 11) is 0. The number of halogens is 2. The third kappa shape index (κ3) is 4.72. The van der Waals surface area contributed by atoms with Gasteiger partial charge in [-0.05, 0) is 23.8 Å². The number of amides is 2. The fraction of sp³-hybridized carbons (Fsp3) is 0.0625. The van der Waals surface area contributed by atoms with Gasteiger partial charge in [-0.25, -0.2) is 9.18 Å². The predicted molar refractivity (Wildman–Crippen MR) is 84.9 cm³/mol. The fourth-order valence-corrected chi connectivity index (χ4v) is 2.11. The zero-order valence-electron chi connectivity index (χ0n) is 11.1. The van der Waals surface area contributed by atoms with E-state index in [1.165, 1.54) is 18.3 Å². The van der Waals surface area contributed by atoms with Crippen LogP contribution in [0.3, 0.4) is 0 Å². The number of carbonyl (C=O) groups is 1. The average molecular weight is 349 g/mol. The van der Waals surface area contributed by atoms with Crippen LogP contribution in [-0.2, 0) is 6.54 Å². The monoisotopic (exact) mass is 348 g/mol. The van der Waals surface area contributed by atoms with E-state index in [1.807, 2.05) is 24.3 Å². The lowest BCUT2D eigenvalue weighted by Crippen LogP contribution is -2.31. The first kappa shape index (κ1) is 15.3. The zero-order valence-corrected chi connectivity index (χ0v) is 12.7. The molecule has 0 heterocycles. The standard InChI is InChI=1S/C16H14BrFN2O/c17-14-7-3-1-6-13(14)11-20-16(21)19-10-9-12-5-2-4-8-15(12)18/h1-10H,11H2,(H2,19,20,21)/b10-9+. The lowest BCUT2D eigenvalue weighted by Gasteiger charge is -2.06. The quantitative estimate of drug-likeness (QED) is 0.859. The Morgan fingerprint density at radius 1 is 1.14 bits per heavy atom. The average Bonchev–Trinajstić information content (AvgIpc) is 2.48. The summed E-state index contributed by atoms with van der Waals surface area (Å²) in [5.74, 6) is -0.329. The van der Waals surface area contributed by atoms with E-state index >= 15 is 0 Å². The van der Waals surface area contributed by atoms with Gasteiger partial charge in [0.25, 0.3) is 0 Å². The van der Waals surface area contributed by atoms with Crippen LogP contribution < -0.4 is 10.6 Å². The van der Waals surface area contributed by atoms with Gasteiger partial charge in [-0.15, -0.1) is 0 Å². The van der Waals surface area contributed by atoms with Crippen LogP contribution in [0.15, 0.2) is 59.2 Å². The van der Waals surface area contributed by atoms with Crippen LogP contribution in [0.25, 0.3) is 6.08 Å².